The number of thioether (sulfide) groups is 1. The van der Waals surface area contributed by atoms with Gasteiger partial charge in [0.05, 0.1) is 46.2 Å². The highest BCUT2D eigenvalue weighted by molar-refractivity contribution is 7.99. The van der Waals surface area contributed by atoms with Gasteiger partial charge in [-0.25, -0.2) is 0 Å². The maximum absolute atomic E-state index is 8.49. The molecule has 20 heavy (non-hydrogen) atoms. The molecule has 0 saturated heterocycles. The monoisotopic (exact) mass is 308 g/mol. The summed E-state index contributed by atoms with van der Waals surface area (Å²) in [5.74, 6) is 2.33. The van der Waals surface area contributed by atoms with Gasteiger partial charge in [0.25, 0.3) is 0 Å². The molecule has 0 aliphatic carbocycles. The number of rotatable bonds is 17. The summed E-state index contributed by atoms with van der Waals surface area (Å²) in [6.07, 6.45) is 6.78. The van der Waals surface area contributed by atoms with Crippen molar-refractivity contribution >= 4 is 11.8 Å². The predicted octanol–water partition coefficient (Wildman–Crippen LogP) is 2.73. The zero-order valence-corrected chi connectivity index (χ0v) is 13.8. The van der Waals surface area contributed by atoms with Crippen molar-refractivity contribution in [1.29, 1.82) is 0 Å². The molecule has 0 fully saturated rings. The lowest BCUT2D eigenvalue weighted by atomic mass is 10.2. The highest BCUT2D eigenvalue weighted by Crippen LogP contribution is 2.08. The second kappa shape index (κ2) is 19.2. The van der Waals surface area contributed by atoms with E-state index in [9.17, 15) is 0 Å². The van der Waals surface area contributed by atoms with Crippen LogP contribution in [0, 0.1) is 0 Å². The summed E-state index contributed by atoms with van der Waals surface area (Å²) < 4.78 is 15.9. The SMILES string of the molecule is CCCCCCCSCCOCCOCCOCCO. The molecule has 0 amide bonds. The van der Waals surface area contributed by atoms with E-state index in [-0.39, 0.29) is 6.61 Å². The summed E-state index contributed by atoms with van der Waals surface area (Å²) >= 11 is 1.98. The average molecular weight is 308 g/mol. The summed E-state index contributed by atoms with van der Waals surface area (Å²) in [5, 5.41) is 8.49. The lowest BCUT2D eigenvalue weighted by molar-refractivity contribution is 0.0100. The molecule has 0 atom stereocenters. The van der Waals surface area contributed by atoms with E-state index < -0.39 is 0 Å². The molecule has 0 heterocycles. The van der Waals surface area contributed by atoms with Gasteiger partial charge in [-0.3, -0.25) is 0 Å². The predicted molar refractivity (Wildman–Crippen MR) is 85.6 cm³/mol. The van der Waals surface area contributed by atoms with Gasteiger partial charge in [-0.05, 0) is 12.2 Å². The Labute approximate surface area is 128 Å². The first-order valence-corrected chi connectivity index (χ1v) is 8.99. The van der Waals surface area contributed by atoms with Gasteiger partial charge < -0.3 is 19.3 Å². The average Bonchev–Trinajstić information content (AvgIpc) is 2.47. The van der Waals surface area contributed by atoms with E-state index in [1.165, 1.54) is 37.9 Å². The molecule has 0 aromatic heterocycles. The quantitative estimate of drug-likeness (QED) is 0.419. The van der Waals surface area contributed by atoms with Crippen LogP contribution in [0.1, 0.15) is 39.0 Å². The third-order valence-corrected chi connectivity index (χ3v) is 3.78. The normalized spacial score (nSPS) is 11.1. The Kier molecular flexibility index (Phi) is 19.4. The molecule has 0 aliphatic heterocycles. The summed E-state index contributed by atoms with van der Waals surface area (Å²) in [6.45, 7) is 5.88. The zero-order valence-electron chi connectivity index (χ0n) is 13.0. The first-order chi connectivity index (χ1) is 9.91. The van der Waals surface area contributed by atoms with E-state index in [1.54, 1.807) is 0 Å². The van der Waals surface area contributed by atoms with Crippen LogP contribution in [0.3, 0.4) is 0 Å². The van der Waals surface area contributed by atoms with Crippen LogP contribution in [0.25, 0.3) is 0 Å². The summed E-state index contributed by atoms with van der Waals surface area (Å²) in [5.41, 5.74) is 0. The molecule has 0 unspecified atom stereocenters. The first kappa shape index (κ1) is 20.2. The maximum Gasteiger partial charge on any atom is 0.0701 e. The smallest absolute Gasteiger partial charge is 0.0701 e. The van der Waals surface area contributed by atoms with Gasteiger partial charge in [-0.1, -0.05) is 32.6 Å². The Bertz CT molecular complexity index is 152. The van der Waals surface area contributed by atoms with E-state index in [0.29, 0.717) is 33.0 Å². The van der Waals surface area contributed by atoms with Crippen LogP contribution in [0.4, 0.5) is 0 Å². The van der Waals surface area contributed by atoms with Crippen LogP contribution in [-0.2, 0) is 14.2 Å². The maximum atomic E-state index is 8.49. The van der Waals surface area contributed by atoms with Crippen LogP contribution in [0.15, 0.2) is 0 Å². The fraction of sp³-hybridized carbons (Fsp3) is 1.00. The molecule has 122 valence electrons. The lowest BCUT2D eigenvalue weighted by Gasteiger charge is -2.06. The molecule has 5 heteroatoms. The van der Waals surface area contributed by atoms with Gasteiger partial charge in [-0.2, -0.15) is 11.8 Å². The largest absolute Gasteiger partial charge is 0.394 e. The standard InChI is InChI=1S/C15H32O4S/c1-2-3-4-5-6-14-20-15-13-19-12-11-18-10-9-17-8-7-16/h16H,2-15H2,1H3. The van der Waals surface area contributed by atoms with E-state index >= 15 is 0 Å². The van der Waals surface area contributed by atoms with Crippen molar-refractivity contribution in [3.63, 3.8) is 0 Å². The molecule has 4 nitrogen and oxygen atoms in total. The van der Waals surface area contributed by atoms with E-state index in [4.69, 9.17) is 19.3 Å². The van der Waals surface area contributed by atoms with Crippen LogP contribution >= 0.6 is 11.8 Å². The minimum atomic E-state index is 0.0688. The number of hydrogen-bond donors (Lipinski definition) is 1. The molecule has 0 bridgehead atoms. The summed E-state index contributed by atoms with van der Waals surface area (Å²) in [6, 6.07) is 0. The lowest BCUT2D eigenvalue weighted by Crippen LogP contribution is -2.11. The van der Waals surface area contributed by atoms with Crippen LogP contribution in [0.5, 0.6) is 0 Å². The van der Waals surface area contributed by atoms with Gasteiger partial charge in [0.1, 0.15) is 0 Å². The van der Waals surface area contributed by atoms with Crippen molar-refractivity contribution in [3.05, 3.63) is 0 Å². The topological polar surface area (TPSA) is 47.9 Å². The number of hydrogen-bond acceptors (Lipinski definition) is 5. The molecular formula is C15H32O4S. The third-order valence-electron chi connectivity index (χ3n) is 2.74. The zero-order chi connectivity index (χ0) is 14.7. The number of unbranched alkanes of at least 4 members (excludes halogenated alkanes) is 4. The van der Waals surface area contributed by atoms with Crippen molar-refractivity contribution in [2.24, 2.45) is 0 Å². The minimum Gasteiger partial charge on any atom is -0.394 e. The Morgan fingerprint density at radius 1 is 0.700 bits per heavy atom. The third kappa shape index (κ3) is 18.2. The molecule has 0 saturated carbocycles. The van der Waals surface area contributed by atoms with Crippen molar-refractivity contribution in [2.45, 2.75) is 39.0 Å². The van der Waals surface area contributed by atoms with Gasteiger partial charge in [0, 0.05) is 5.75 Å². The van der Waals surface area contributed by atoms with Crippen molar-refractivity contribution in [2.75, 3.05) is 57.8 Å². The first-order valence-electron chi connectivity index (χ1n) is 7.83. The van der Waals surface area contributed by atoms with Gasteiger partial charge in [0.15, 0.2) is 0 Å². The van der Waals surface area contributed by atoms with Crippen molar-refractivity contribution < 1.29 is 19.3 Å². The molecule has 0 aliphatic rings. The molecule has 0 aromatic carbocycles. The van der Waals surface area contributed by atoms with E-state index in [0.717, 1.165) is 12.4 Å². The highest BCUT2D eigenvalue weighted by Gasteiger charge is 1.93. The molecule has 0 aromatic rings. The molecule has 0 spiro atoms. The Morgan fingerprint density at radius 3 is 1.95 bits per heavy atom. The number of aliphatic hydroxyl groups is 1. The van der Waals surface area contributed by atoms with Crippen LogP contribution in [-0.4, -0.2) is 62.9 Å². The van der Waals surface area contributed by atoms with Crippen molar-refractivity contribution in [1.82, 2.24) is 0 Å². The van der Waals surface area contributed by atoms with Gasteiger partial charge in [-0.15, -0.1) is 0 Å². The second-order valence-corrected chi connectivity index (χ2v) is 5.81. The Morgan fingerprint density at radius 2 is 1.30 bits per heavy atom. The van der Waals surface area contributed by atoms with E-state index in [2.05, 4.69) is 6.92 Å². The summed E-state index contributed by atoms with van der Waals surface area (Å²) in [4.78, 5) is 0. The second-order valence-electron chi connectivity index (χ2n) is 4.59. The molecule has 0 radical (unpaired) electrons. The highest BCUT2D eigenvalue weighted by atomic mass is 32.2. The van der Waals surface area contributed by atoms with Crippen molar-refractivity contribution in [3.8, 4) is 0 Å². The molecule has 0 rings (SSSR count). The Hall–Kier alpha value is 0.190. The van der Waals surface area contributed by atoms with Crippen LogP contribution < -0.4 is 0 Å². The fourth-order valence-electron chi connectivity index (χ4n) is 1.63. The summed E-state index contributed by atoms with van der Waals surface area (Å²) in [7, 11) is 0. The van der Waals surface area contributed by atoms with E-state index in [1.807, 2.05) is 11.8 Å². The van der Waals surface area contributed by atoms with Gasteiger partial charge >= 0.3 is 0 Å². The minimum absolute atomic E-state index is 0.0688. The van der Waals surface area contributed by atoms with Gasteiger partial charge in [0.2, 0.25) is 0 Å². The van der Waals surface area contributed by atoms with Crippen LogP contribution in [0.2, 0.25) is 0 Å². The number of ether oxygens (including phenoxy) is 3. The fourth-order valence-corrected chi connectivity index (χ4v) is 2.48. The Balaban J connectivity index is 2.89. The molecule has 1 N–H and O–H groups in total. The molecular weight excluding hydrogens is 276 g/mol. The number of aliphatic hydroxyl groups excluding tert-OH is 1.